The standard InChI is InChI=1S/C37H74NO9P/c1-3-5-7-9-11-13-14-15-16-17-18-19-20-21-23-25-27-29-36(39)47-34(32-45-48(42,43)46-33-35(38)37(40)41)31-44-30-28-26-24-22-12-10-8-6-4-2/h34-35H,3-33,38H2,1-2H3,(H,40,41)(H,42,43). The van der Waals surface area contributed by atoms with E-state index in [2.05, 4.69) is 18.4 Å². The minimum Gasteiger partial charge on any atom is -0.480 e. The first-order valence-electron chi connectivity index (χ1n) is 19.6. The third kappa shape index (κ3) is 33.5. The predicted molar refractivity (Wildman–Crippen MR) is 194 cm³/mol. The fraction of sp³-hybridized carbons (Fsp3) is 0.946. The van der Waals surface area contributed by atoms with Gasteiger partial charge in [-0.15, -0.1) is 0 Å². The molecule has 10 nitrogen and oxygen atoms in total. The summed E-state index contributed by atoms with van der Waals surface area (Å²) >= 11 is 0. The molecule has 4 N–H and O–H groups in total. The summed E-state index contributed by atoms with van der Waals surface area (Å²) < 4.78 is 33.2. The number of carboxylic acid groups (broad SMARTS) is 1. The highest BCUT2D eigenvalue weighted by atomic mass is 31.2. The lowest BCUT2D eigenvalue weighted by atomic mass is 10.0. The van der Waals surface area contributed by atoms with Crippen LogP contribution in [0.2, 0.25) is 0 Å². The molecule has 11 heteroatoms. The lowest BCUT2D eigenvalue weighted by molar-refractivity contribution is -0.154. The third-order valence-corrected chi connectivity index (χ3v) is 9.59. The number of carbonyl (C=O) groups is 2. The molecule has 0 aromatic rings. The Morgan fingerprint density at radius 3 is 1.38 bits per heavy atom. The summed E-state index contributed by atoms with van der Waals surface area (Å²) in [5.41, 5.74) is 5.33. The quantitative estimate of drug-likeness (QED) is 0.0321. The van der Waals surface area contributed by atoms with E-state index in [0.717, 1.165) is 38.5 Å². The van der Waals surface area contributed by atoms with Gasteiger partial charge in [-0.05, 0) is 12.8 Å². The van der Waals surface area contributed by atoms with Crippen LogP contribution in [0, 0.1) is 0 Å². The maximum absolute atomic E-state index is 12.6. The first kappa shape index (κ1) is 47.0. The van der Waals surface area contributed by atoms with Gasteiger partial charge in [-0.25, -0.2) is 4.57 Å². The number of aliphatic carboxylic acids is 1. The van der Waals surface area contributed by atoms with Gasteiger partial charge < -0.3 is 25.2 Å². The number of esters is 1. The summed E-state index contributed by atoms with van der Waals surface area (Å²) in [5.74, 6) is -1.77. The van der Waals surface area contributed by atoms with Crippen LogP contribution in [-0.2, 0) is 32.7 Å². The molecule has 0 spiro atoms. The van der Waals surface area contributed by atoms with Gasteiger partial charge in [0, 0.05) is 13.0 Å². The number of rotatable bonds is 38. The van der Waals surface area contributed by atoms with Crippen molar-refractivity contribution in [1.82, 2.24) is 0 Å². The molecule has 48 heavy (non-hydrogen) atoms. The van der Waals surface area contributed by atoms with E-state index in [-0.39, 0.29) is 13.0 Å². The van der Waals surface area contributed by atoms with E-state index in [9.17, 15) is 19.0 Å². The van der Waals surface area contributed by atoms with Crippen molar-refractivity contribution >= 4 is 19.8 Å². The monoisotopic (exact) mass is 708 g/mol. The van der Waals surface area contributed by atoms with Gasteiger partial charge in [0.05, 0.1) is 19.8 Å². The zero-order valence-electron chi connectivity index (χ0n) is 30.9. The molecular formula is C37H74NO9P. The molecule has 0 aromatic carbocycles. The molecule has 3 atom stereocenters. The lowest BCUT2D eigenvalue weighted by Crippen LogP contribution is -2.34. The molecule has 0 saturated carbocycles. The van der Waals surface area contributed by atoms with Gasteiger partial charge in [-0.1, -0.05) is 168 Å². The Balaban J connectivity index is 4.19. The number of carbonyl (C=O) groups excluding carboxylic acids is 1. The molecule has 0 aromatic heterocycles. The Hall–Kier alpha value is -1.03. The van der Waals surface area contributed by atoms with Crippen LogP contribution in [0.4, 0.5) is 0 Å². The van der Waals surface area contributed by atoms with Crippen molar-refractivity contribution in [2.75, 3.05) is 26.4 Å². The van der Waals surface area contributed by atoms with Gasteiger partial charge in [0.15, 0.2) is 0 Å². The molecule has 0 aliphatic rings. The van der Waals surface area contributed by atoms with Crippen LogP contribution in [0.25, 0.3) is 0 Å². The SMILES string of the molecule is CCCCCCCCCCCCCCCCCCCC(=O)OC(COCCCCCCCCCCC)COP(=O)(O)OCC(N)C(=O)O. The molecule has 286 valence electrons. The van der Waals surface area contributed by atoms with Gasteiger partial charge >= 0.3 is 19.8 Å². The summed E-state index contributed by atoms with van der Waals surface area (Å²) in [5, 5.41) is 8.85. The normalized spacial score (nSPS) is 14.1. The molecule has 0 aliphatic heterocycles. The third-order valence-electron chi connectivity index (χ3n) is 8.64. The van der Waals surface area contributed by atoms with Crippen LogP contribution in [0.1, 0.15) is 187 Å². The van der Waals surface area contributed by atoms with Crippen LogP contribution in [0.3, 0.4) is 0 Å². The lowest BCUT2D eigenvalue weighted by Gasteiger charge is -2.20. The number of carboxylic acids is 1. The zero-order valence-corrected chi connectivity index (χ0v) is 31.7. The fourth-order valence-electron chi connectivity index (χ4n) is 5.55. The average Bonchev–Trinajstić information content (AvgIpc) is 3.06. The largest absolute Gasteiger partial charge is 0.480 e. The molecule has 0 rings (SSSR count). The highest BCUT2D eigenvalue weighted by Gasteiger charge is 2.27. The van der Waals surface area contributed by atoms with Gasteiger partial charge in [0.2, 0.25) is 0 Å². The number of ether oxygens (including phenoxy) is 2. The van der Waals surface area contributed by atoms with Crippen molar-refractivity contribution < 1.29 is 42.7 Å². The van der Waals surface area contributed by atoms with Crippen molar-refractivity contribution in [2.45, 2.75) is 199 Å². The van der Waals surface area contributed by atoms with Gasteiger partial charge in [-0.3, -0.25) is 18.6 Å². The Morgan fingerprint density at radius 2 is 0.958 bits per heavy atom. The van der Waals surface area contributed by atoms with E-state index in [4.69, 9.17) is 24.8 Å². The highest BCUT2D eigenvalue weighted by molar-refractivity contribution is 7.47. The smallest absolute Gasteiger partial charge is 0.472 e. The topological polar surface area (TPSA) is 155 Å². The maximum Gasteiger partial charge on any atom is 0.472 e. The molecule has 0 fully saturated rings. The van der Waals surface area contributed by atoms with Gasteiger partial charge in [-0.2, -0.15) is 0 Å². The molecule has 0 aliphatic carbocycles. The minimum absolute atomic E-state index is 0.0243. The molecule has 0 amide bonds. The van der Waals surface area contributed by atoms with E-state index in [1.807, 2.05) is 0 Å². The second-order valence-electron chi connectivity index (χ2n) is 13.4. The molecule has 0 heterocycles. The number of phosphoric ester groups is 1. The van der Waals surface area contributed by atoms with E-state index in [1.54, 1.807) is 0 Å². The van der Waals surface area contributed by atoms with Gasteiger partial charge in [0.1, 0.15) is 12.1 Å². The Morgan fingerprint density at radius 1 is 0.583 bits per heavy atom. The summed E-state index contributed by atoms with van der Waals surface area (Å²) in [7, 11) is -4.60. The number of nitrogens with two attached hydrogens (primary N) is 1. The summed E-state index contributed by atoms with van der Waals surface area (Å²) in [4.78, 5) is 33.3. The Bertz CT molecular complexity index is 786. The van der Waals surface area contributed by atoms with Crippen molar-refractivity contribution in [3.63, 3.8) is 0 Å². The summed E-state index contributed by atoms with van der Waals surface area (Å²) in [6, 6.07) is -1.47. The fourth-order valence-corrected chi connectivity index (χ4v) is 6.32. The molecular weight excluding hydrogens is 633 g/mol. The summed E-state index contributed by atoms with van der Waals surface area (Å²) in [6.07, 6.45) is 31.6. The van der Waals surface area contributed by atoms with Crippen LogP contribution < -0.4 is 5.73 Å². The van der Waals surface area contributed by atoms with E-state index >= 15 is 0 Å². The van der Waals surface area contributed by atoms with E-state index in [0.29, 0.717) is 6.61 Å². The second-order valence-corrected chi connectivity index (χ2v) is 14.9. The van der Waals surface area contributed by atoms with Crippen LogP contribution in [0.15, 0.2) is 0 Å². The van der Waals surface area contributed by atoms with Crippen LogP contribution in [0.5, 0.6) is 0 Å². The van der Waals surface area contributed by atoms with E-state index in [1.165, 1.54) is 128 Å². The zero-order chi connectivity index (χ0) is 35.6. The molecule has 0 saturated heterocycles. The molecule has 0 bridgehead atoms. The Labute approximate surface area is 293 Å². The first-order chi connectivity index (χ1) is 23.2. The van der Waals surface area contributed by atoms with E-state index < -0.39 is 45.1 Å². The van der Waals surface area contributed by atoms with Crippen molar-refractivity contribution in [2.24, 2.45) is 5.73 Å². The first-order valence-corrected chi connectivity index (χ1v) is 21.1. The minimum atomic E-state index is -4.60. The summed E-state index contributed by atoms with van der Waals surface area (Å²) in [6.45, 7) is 3.88. The maximum atomic E-state index is 12.6. The van der Waals surface area contributed by atoms with Crippen molar-refractivity contribution in [1.29, 1.82) is 0 Å². The number of hydrogen-bond donors (Lipinski definition) is 3. The average molecular weight is 708 g/mol. The predicted octanol–water partition coefficient (Wildman–Crippen LogP) is 10.0. The number of phosphoric acid groups is 1. The van der Waals surface area contributed by atoms with Crippen molar-refractivity contribution in [3.05, 3.63) is 0 Å². The number of hydrogen-bond acceptors (Lipinski definition) is 8. The van der Waals surface area contributed by atoms with Crippen LogP contribution in [-0.4, -0.2) is 60.5 Å². The van der Waals surface area contributed by atoms with Gasteiger partial charge in [0.25, 0.3) is 0 Å². The molecule has 3 unspecified atom stereocenters. The second kappa shape index (κ2) is 34.4. The van der Waals surface area contributed by atoms with Crippen LogP contribution >= 0.6 is 7.82 Å². The Kier molecular flexibility index (Phi) is 33.7. The molecule has 0 radical (unpaired) electrons. The highest BCUT2D eigenvalue weighted by Crippen LogP contribution is 2.43. The number of unbranched alkanes of at least 4 members (excludes halogenated alkanes) is 24. The van der Waals surface area contributed by atoms with Crippen molar-refractivity contribution in [3.8, 4) is 0 Å².